The molecule has 0 fully saturated rings. The van der Waals surface area contributed by atoms with Crippen LogP contribution in [0, 0.1) is 6.92 Å². The molecule has 0 aliphatic carbocycles. The summed E-state index contributed by atoms with van der Waals surface area (Å²) in [6.07, 6.45) is -3.38. The Bertz CT molecular complexity index is 1190. The first-order valence-corrected chi connectivity index (χ1v) is 13.3. The summed E-state index contributed by atoms with van der Waals surface area (Å²) in [5.74, 6) is -1.20. The first-order valence-electron chi connectivity index (χ1n) is 11.1. The summed E-state index contributed by atoms with van der Waals surface area (Å²) in [6.45, 7) is 4.83. The predicted molar refractivity (Wildman–Crippen MR) is 133 cm³/mol. The van der Waals surface area contributed by atoms with E-state index in [2.05, 4.69) is 5.32 Å². The first kappa shape index (κ1) is 29.4. The van der Waals surface area contributed by atoms with E-state index in [0.29, 0.717) is 28.9 Å². The number of carbonyl (C=O) groups is 2. The molecule has 0 radical (unpaired) electrons. The Kier molecular flexibility index (Phi) is 9.78. The summed E-state index contributed by atoms with van der Waals surface area (Å²) in [6, 6.07) is 8.83. The molecule has 2 aromatic carbocycles. The second-order valence-electron chi connectivity index (χ2n) is 8.41. The molecule has 198 valence electrons. The van der Waals surface area contributed by atoms with Crippen LogP contribution in [0.25, 0.3) is 0 Å². The van der Waals surface area contributed by atoms with E-state index in [4.69, 9.17) is 11.6 Å². The van der Waals surface area contributed by atoms with Gasteiger partial charge in [-0.3, -0.25) is 13.9 Å². The van der Waals surface area contributed by atoms with Crippen molar-refractivity contribution in [2.75, 3.05) is 23.7 Å². The Balaban J connectivity index is 2.45. The minimum Gasteiger partial charge on any atom is -0.354 e. The third kappa shape index (κ3) is 7.86. The zero-order chi connectivity index (χ0) is 27.3. The molecule has 7 nitrogen and oxygen atoms in total. The van der Waals surface area contributed by atoms with Gasteiger partial charge in [-0.2, -0.15) is 13.2 Å². The Morgan fingerprint density at radius 2 is 1.72 bits per heavy atom. The van der Waals surface area contributed by atoms with Crippen molar-refractivity contribution in [1.82, 2.24) is 10.2 Å². The highest BCUT2D eigenvalue weighted by Crippen LogP contribution is 2.37. The standard InChI is InChI=1S/C24H29ClF3N3O4S/c1-5-12-29-23(33)17(3)30(14-18-8-6-16(2)7-9-18)22(32)15-31(36(4,34)35)19-10-11-21(25)20(13-19)24(26,27)28/h6-11,13,17H,5,12,14-15H2,1-4H3,(H,29,33)/t17-/m1/s1. The summed E-state index contributed by atoms with van der Waals surface area (Å²) in [5.41, 5.74) is 0.0743. The van der Waals surface area contributed by atoms with Gasteiger partial charge >= 0.3 is 6.18 Å². The first-order chi connectivity index (χ1) is 16.6. The van der Waals surface area contributed by atoms with Gasteiger partial charge in [0.05, 0.1) is 22.5 Å². The van der Waals surface area contributed by atoms with Crippen LogP contribution in [0.5, 0.6) is 0 Å². The molecule has 0 bridgehead atoms. The molecule has 2 aromatic rings. The minimum atomic E-state index is -4.83. The summed E-state index contributed by atoms with van der Waals surface area (Å²) in [4.78, 5) is 27.3. The lowest BCUT2D eigenvalue weighted by Gasteiger charge is -2.31. The molecule has 0 aromatic heterocycles. The highest BCUT2D eigenvalue weighted by molar-refractivity contribution is 7.92. The fourth-order valence-corrected chi connectivity index (χ4v) is 4.43. The maximum absolute atomic E-state index is 13.4. The molecule has 2 rings (SSSR count). The van der Waals surface area contributed by atoms with E-state index in [9.17, 15) is 31.2 Å². The van der Waals surface area contributed by atoms with Crippen LogP contribution in [-0.4, -0.2) is 50.5 Å². The van der Waals surface area contributed by atoms with Gasteiger partial charge in [0.1, 0.15) is 12.6 Å². The second-order valence-corrected chi connectivity index (χ2v) is 10.7. The van der Waals surface area contributed by atoms with E-state index in [0.717, 1.165) is 24.0 Å². The monoisotopic (exact) mass is 547 g/mol. The van der Waals surface area contributed by atoms with Gasteiger partial charge in [-0.25, -0.2) is 8.42 Å². The van der Waals surface area contributed by atoms with E-state index in [1.54, 1.807) is 12.1 Å². The highest BCUT2D eigenvalue weighted by Gasteiger charge is 2.35. The summed E-state index contributed by atoms with van der Waals surface area (Å²) < 4.78 is 65.8. The molecule has 0 heterocycles. The molecule has 0 aliphatic rings. The lowest BCUT2D eigenvalue weighted by Crippen LogP contribution is -2.51. The fraction of sp³-hybridized carbons (Fsp3) is 0.417. The molecular weight excluding hydrogens is 519 g/mol. The minimum absolute atomic E-state index is 0.00809. The average Bonchev–Trinajstić information content (AvgIpc) is 2.79. The number of alkyl halides is 3. The zero-order valence-electron chi connectivity index (χ0n) is 20.4. The van der Waals surface area contributed by atoms with Gasteiger partial charge in [0.2, 0.25) is 21.8 Å². The smallest absolute Gasteiger partial charge is 0.354 e. The van der Waals surface area contributed by atoms with Gasteiger partial charge in [0, 0.05) is 13.1 Å². The van der Waals surface area contributed by atoms with Crippen molar-refractivity contribution in [2.45, 2.75) is 46.0 Å². The lowest BCUT2D eigenvalue weighted by molar-refractivity contribution is -0.139. The Morgan fingerprint density at radius 3 is 2.25 bits per heavy atom. The third-order valence-corrected chi connectivity index (χ3v) is 6.88. The number of sulfonamides is 1. The van der Waals surface area contributed by atoms with Crippen molar-refractivity contribution in [3.63, 3.8) is 0 Å². The highest BCUT2D eigenvalue weighted by atomic mass is 35.5. The van der Waals surface area contributed by atoms with Gasteiger partial charge in [-0.1, -0.05) is 48.4 Å². The number of hydrogen-bond acceptors (Lipinski definition) is 4. The molecule has 1 N–H and O–H groups in total. The summed E-state index contributed by atoms with van der Waals surface area (Å²) in [7, 11) is -4.19. The maximum atomic E-state index is 13.4. The quantitative estimate of drug-likeness (QED) is 0.478. The average molecular weight is 548 g/mol. The Morgan fingerprint density at radius 1 is 1.11 bits per heavy atom. The van der Waals surface area contributed by atoms with Gasteiger partial charge in [0.15, 0.2) is 0 Å². The summed E-state index contributed by atoms with van der Waals surface area (Å²) in [5, 5.41) is 2.10. The molecule has 0 aliphatic heterocycles. The molecule has 1 atom stereocenters. The Hall–Kier alpha value is -2.79. The summed E-state index contributed by atoms with van der Waals surface area (Å²) >= 11 is 5.67. The molecule has 0 unspecified atom stereocenters. The van der Waals surface area contributed by atoms with Gasteiger partial charge in [-0.05, 0) is 44.0 Å². The van der Waals surface area contributed by atoms with E-state index in [-0.39, 0.29) is 12.2 Å². The number of hydrogen-bond donors (Lipinski definition) is 1. The van der Waals surface area contributed by atoms with E-state index >= 15 is 0 Å². The van der Waals surface area contributed by atoms with Crippen LogP contribution in [-0.2, 0) is 32.3 Å². The molecule has 2 amide bonds. The van der Waals surface area contributed by atoms with Crippen molar-refractivity contribution >= 4 is 39.1 Å². The van der Waals surface area contributed by atoms with Crippen LogP contribution in [0.15, 0.2) is 42.5 Å². The number of benzene rings is 2. The topological polar surface area (TPSA) is 86.8 Å². The number of nitrogens with one attached hydrogen (secondary N) is 1. The number of nitrogens with zero attached hydrogens (tertiary/aromatic N) is 2. The third-order valence-electron chi connectivity index (χ3n) is 5.41. The van der Waals surface area contributed by atoms with Crippen molar-refractivity contribution in [2.24, 2.45) is 0 Å². The van der Waals surface area contributed by atoms with Crippen molar-refractivity contribution in [3.8, 4) is 0 Å². The van der Waals surface area contributed by atoms with Crippen LogP contribution in [0.4, 0.5) is 18.9 Å². The van der Waals surface area contributed by atoms with Crippen molar-refractivity contribution in [1.29, 1.82) is 0 Å². The van der Waals surface area contributed by atoms with E-state index < -0.39 is 51.2 Å². The number of anilines is 1. The maximum Gasteiger partial charge on any atom is 0.417 e. The van der Waals surface area contributed by atoms with Crippen molar-refractivity contribution in [3.05, 3.63) is 64.2 Å². The van der Waals surface area contributed by atoms with Crippen LogP contribution in [0.1, 0.15) is 37.0 Å². The predicted octanol–water partition coefficient (Wildman–Crippen LogP) is 4.38. The lowest BCUT2D eigenvalue weighted by atomic mass is 10.1. The zero-order valence-corrected chi connectivity index (χ0v) is 22.0. The number of amides is 2. The van der Waals surface area contributed by atoms with E-state index in [1.807, 2.05) is 26.0 Å². The van der Waals surface area contributed by atoms with E-state index in [1.165, 1.54) is 11.8 Å². The van der Waals surface area contributed by atoms with Crippen LogP contribution < -0.4 is 9.62 Å². The second kappa shape index (κ2) is 12.0. The molecular formula is C24H29ClF3N3O4S. The Labute approximate surface area is 214 Å². The molecule has 0 spiro atoms. The SMILES string of the molecule is CCCNC(=O)[C@@H](C)N(Cc1ccc(C)cc1)C(=O)CN(c1ccc(Cl)c(C(F)(F)F)c1)S(C)(=O)=O. The van der Waals surface area contributed by atoms with Gasteiger partial charge in [-0.15, -0.1) is 0 Å². The largest absolute Gasteiger partial charge is 0.417 e. The molecule has 12 heteroatoms. The normalized spacial score (nSPS) is 12.7. The molecule has 0 saturated heterocycles. The van der Waals surface area contributed by atoms with Gasteiger partial charge < -0.3 is 10.2 Å². The number of halogens is 4. The number of rotatable bonds is 10. The number of aryl methyl sites for hydroxylation is 1. The molecule has 0 saturated carbocycles. The number of carbonyl (C=O) groups excluding carboxylic acids is 2. The van der Waals surface area contributed by atoms with Crippen LogP contribution >= 0.6 is 11.6 Å². The van der Waals surface area contributed by atoms with Gasteiger partial charge in [0.25, 0.3) is 0 Å². The molecule has 36 heavy (non-hydrogen) atoms. The fourth-order valence-electron chi connectivity index (χ4n) is 3.37. The van der Waals surface area contributed by atoms with Crippen LogP contribution in [0.2, 0.25) is 5.02 Å². The van der Waals surface area contributed by atoms with Crippen LogP contribution in [0.3, 0.4) is 0 Å². The van der Waals surface area contributed by atoms with Crippen molar-refractivity contribution < 1.29 is 31.2 Å².